The lowest BCUT2D eigenvalue weighted by atomic mass is 9.98. The van der Waals surface area contributed by atoms with E-state index in [4.69, 9.17) is 9.97 Å². The molecule has 3 heterocycles. The average molecular weight is 460 g/mol. The zero-order valence-corrected chi connectivity index (χ0v) is 19.6. The highest BCUT2D eigenvalue weighted by Crippen LogP contribution is 2.34. The van der Waals surface area contributed by atoms with Crippen LogP contribution in [0.5, 0.6) is 0 Å². The van der Waals surface area contributed by atoms with Gasteiger partial charge >= 0.3 is 0 Å². The van der Waals surface area contributed by atoms with E-state index < -0.39 is 0 Å². The summed E-state index contributed by atoms with van der Waals surface area (Å²) < 4.78 is 0. The van der Waals surface area contributed by atoms with Crippen LogP contribution in [0, 0.1) is 0 Å². The first kappa shape index (κ1) is 22.3. The van der Waals surface area contributed by atoms with Crippen molar-refractivity contribution in [3.63, 3.8) is 0 Å². The number of ketones is 1. The Morgan fingerprint density at radius 2 is 1.74 bits per heavy atom. The van der Waals surface area contributed by atoms with Crippen LogP contribution in [0.1, 0.15) is 31.0 Å². The molecule has 5 aromatic rings. The standard InChI is InChI=1S/C29H25N5O/c1-19(20(2)35)22-15-23(17-30-16-22)28-33-26-13-8-12-25(21-9-4-3-5-10-21)27(26)29(34-28)32-18-24-11-6-7-14-31-24/h3-17,19H,18H2,1-2H3,(H,32,33,34). The first-order valence-electron chi connectivity index (χ1n) is 11.6. The van der Waals surface area contributed by atoms with Gasteiger partial charge < -0.3 is 5.32 Å². The van der Waals surface area contributed by atoms with Crippen molar-refractivity contribution >= 4 is 22.5 Å². The van der Waals surface area contributed by atoms with Gasteiger partial charge in [-0.2, -0.15) is 0 Å². The van der Waals surface area contributed by atoms with Crippen molar-refractivity contribution in [2.75, 3.05) is 5.32 Å². The number of carbonyl (C=O) groups is 1. The monoisotopic (exact) mass is 459 g/mol. The number of rotatable bonds is 7. The van der Waals surface area contributed by atoms with Gasteiger partial charge in [0, 0.05) is 30.1 Å². The predicted molar refractivity (Wildman–Crippen MR) is 139 cm³/mol. The molecule has 6 nitrogen and oxygen atoms in total. The van der Waals surface area contributed by atoms with Gasteiger partial charge in [-0.05, 0) is 47.9 Å². The largest absolute Gasteiger partial charge is 0.364 e. The number of aromatic nitrogens is 4. The molecule has 1 unspecified atom stereocenters. The fourth-order valence-electron chi connectivity index (χ4n) is 4.03. The molecule has 0 aliphatic rings. The maximum Gasteiger partial charge on any atom is 0.163 e. The van der Waals surface area contributed by atoms with Gasteiger partial charge in [0.1, 0.15) is 11.6 Å². The molecule has 35 heavy (non-hydrogen) atoms. The summed E-state index contributed by atoms with van der Waals surface area (Å²) in [6.45, 7) is 4.00. The summed E-state index contributed by atoms with van der Waals surface area (Å²) in [5, 5.41) is 4.44. The molecule has 0 saturated carbocycles. The molecule has 0 spiro atoms. The topological polar surface area (TPSA) is 80.7 Å². The zero-order chi connectivity index (χ0) is 24.2. The molecule has 6 heteroatoms. The van der Waals surface area contributed by atoms with Crippen LogP contribution in [0.3, 0.4) is 0 Å². The average Bonchev–Trinajstić information content (AvgIpc) is 2.92. The van der Waals surface area contributed by atoms with Gasteiger partial charge in [0.15, 0.2) is 5.82 Å². The highest BCUT2D eigenvalue weighted by molar-refractivity contribution is 6.02. The Labute approximate surface area is 204 Å². The third-order valence-corrected chi connectivity index (χ3v) is 6.10. The minimum Gasteiger partial charge on any atom is -0.364 e. The van der Waals surface area contributed by atoms with Crippen molar-refractivity contribution in [3.05, 3.63) is 103 Å². The molecule has 0 radical (unpaired) electrons. The molecule has 0 fully saturated rings. The fraction of sp³-hybridized carbons (Fsp3) is 0.138. The van der Waals surface area contributed by atoms with Gasteiger partial charge in [-0.25, -0.2) is 9.97 Å². The predicted octanol–water partition coefficient (Wildman–Crippen LogP) is 6.06. The summed E-state index contributed by atoms with van der Waals surface area (Å²) in [6, 6.07) is 24.1. The van der Waals surface area contributed by atoms with Crippen molar-refractivity contribution in [1.29, 1.82) is 0 Å². The van der Waals surface area contributed by atoms with Crippen LogP contribution in [0.2, 0.25) is 0 Å². The summed E-state index contributed by atoms with van der Waals surface area (Å²) in [7, 11) is 0. The Morgan fingerprint density at radius 3 is 2.51 bits per heavy atom. The van der Waals surface area contributed by atoms with Gasteiger partial charge in [-0.15, -0.1) is 0 Å². The van der Waals surface area contributed by atoms with E-state index in [1.165, 1.54) is 0 Å². The van der Waals surface area contributed by atoms with E-state index in [1.807, 2.05) is 61.5 Å². The normalized spacial score (nSPS) is 11.8. The van der Waals surface area contributed by atoms with Crippen LogP contribution < -0.4 is 5.32 Å². The zero-order valence-electron chi connectivity index (χ0n) is 19.6. The van der Waals surface area contributed by atoms with Crippen LogP contribution in [0.4, 0.5) is 5.82 Å². The number of nitrogens with zero attached hydrogens (tertiary/aromatic N) is 4. The second-order valence-electron chi connectivity index (χ2n) is 8.48. The lowest BCUT2D eigenvalue weighted by Gasteiger charge is -2.15. The van der Waals surface area contributed by atoms with Gasteiger partial charge in [0.2, 0.25) is 0 Å². The molecular formula is C29H25N5O. The van der Waals surface area contributed by atoms with E-state index in [0.29, 0.717) is 12.4 Å². The van der Waals surface area contributed by atoms with Crippen molar-refractivity contribution in [2.45, 2.75) is 26.3 Å². The van der Waals surface area contributed by atoms with Crippen molar-refractivity contribution in [1.82, 2.24) is 19.9 Å². The lowest BCUT2D eigenvalue weighted by molar-refractivity contribution is -0.118. The van der Waals surface area contributed by atoms with Gasteiger partial charge in [-0.1, -0.05) is 55.5 Å². The number of Topliss-reactive ketones (excluding diaryl/α,β-unsaturated/α-hetero) is 1. The highest BCUT2D eigenvalue weighted by Gasteiger charge is 2.17. The first-order valence-corrected chi connectivity index (χ1v) is 11.6. The van der Waals surface area contributed by atoms with E-state index in [2.05, 4.69) is 33.5 Å². The molecule has 0 aliphatic carbocycles. The van der Waals surface area contributed by atoms with Crippen LogP contribution in [-0.2, 0) is 11.3 Å². The Hall–Kier alpha value is -4.45. The molecule has 0 aliphatic heterocycles. The second-order valence-corrected chi connectivity index (χ2v) is 8.48. The number of carbonyl (C=O) groups excluding carboxylic acids is 1. The number of fused-ring (bicyclic) bond motifs is 1. The Morgan fingerprint density at radius 1 is 0.914 bits per heavy atom. The number of nitrogens with one attached hydrogen (secondary N) is 1. The minimum atomic E-state index is -0.241. The summed E-state index contributed by atoms with van der Waals surface area (Å²) >= 11 is 0. The molecular weight excluding hydrogens is 434 g/mol. The van der Waals surface area contributed by atoms with Crippen LogP contribution in [-0.4, -0.2) is 25.7 Å². The number of pyridine rings is 2. The van der Waals surface area contributed by atoms with E-state index >= 15 is 0 Å². The molecule has 0 saturated heterocycles. The number of benzene rings is 2. The van der Waals surface area contributed by atoms with Crippen molar-refractivity contribution in [3.8, 4) is 22.5 Å². The van der Waals surface area contributed by atoms with E-state index in [9.17, 15) is 4.79 Å². The fourth-order valence-corrected chi connectivity index (χ4v) is 4.03. The molecule has 0 bridgehead atoms. The smallest absolute Gasteiger partial charge is 0.163 e. The SMILES string of the molecule is CC(=O)C(C)c1cncc(-c2nc(NCc3ccccn3)c3c(-c4ccccc4)cccc3n2)c1. The first-order chi connectivity index (χ1) is 17.1. The maximum atomic E-state index is 11.9. The van der Waals surface area contributed by atoms with E-state index in [0.717, 1.165) is 44.7 Å². The molecule has 172 valence electrons. The summed E-state index contributed by atoms with van der Waals surface area (Å²) in [4.78, 5) is 30.6. The van der Waals surface area contributed by atoms with E-state index in [-0.39, 0.29) is 11.7 Å². The van der Waals surface area contributed by atoms with Crippen molar-refractivity contribution in [2.24, 2.45) is 0 Å². The summed E-state index contributed by atoms with van der Waals surface area (Å²) in [5.74, 6) is 1.12. The third kappa shape index (κ3) is 4.77. The molecule has 1 atom stereocenters. The van der Waals surface area contributed by atoms with Gasteiger partial charge in [0.25, 0.3) is 0 Å². The van der Waals surface area contributed by atoms with Crippen LogP contribution in [0.25, 0.3) is 33.4 Å². The second kappa shape index (κ2) is 9.81. The molecule has 0 amide bonds. The molecule has 5 rings (SSSR count). The van der Waals surface area contributed by atoms with Gasteiger partial charge in [0.05, 0.1) is 23.1 Å². The number of anilines is 1. The molecule has 3 aromatic heterocycles. The highest BCUT2D eigenvalue weighted by atomic mass is 16.1. The third-order valence-electron chi connectivity index (χ3n) is 6.10. The quantitative estimate of drug-likeness (QED) is 0.319. The van der Waals surface area contributed by atoms with Gasteiger partial charge in [-0.3, -0.25) is 14.8 Å². The Balaban J connectivity index is 1.66. The summed E-state index contributed by atoms with van der Waals surface area (Å²) in [5.41, 5.74) is 5.50. The van der Waals surface area contributed by atoms with E-state index in [1.54, 1.807) is 25.5 Å². The maximum absolute atomic E-state index is 11.9. The number of hydrogen-bond acceptors (Lipinski definition) is 6. The van der Waals surface area contributed by atoms with Crippen molar-refractivity contribution < 1.29 is 4.79 Å². The lowest BCUT2D eigenvalue weighted by Crippen LogP contribution is -2.07. The summed E-state index contributed by atoms with van der Waals surface area (Å²) in [6.07, 6.45) is 5.24. The minimum absolute atomic E-state index is 0.0913. The van der Waals surface area contributed by atoms with Crippen LogP contribution >= 0.6 is 0 Å². The number of hydrogen-bond donors (Lipinski definition) is 1. The van der Waals surface area contributed by atoms with Crippen LogP contribution in [0.15, 0.2) is 91.4 Å². The molecule has 2 aromatic carbocycles. The molecule has 1 N–H and O–H groups in total. The Bertz CT molecular complexity index is 1490. The Kier molecular flexibility index (Phi) is 6.26.